The number of nitrogens with zero attached hydrogens (tertiary/aromatic N) is 1. The van der Waals surface area contributed by atoms with Crippen molar-refractivity contribution >= 4 is 39.2 Å². The van der Waals surface area contributed by atoms with E-state index in [-0.39, 0.29) is 41.5 Å². The summed E-state index contributed by atoms with van der Waals surface area (Å²) in [6, 6.07) is 12.2. The van der Waals surface area contributed by atoms with Crippen LogP contribution in [0, 0.1) is 29.3 Å². The molecule has 0 saturated heterocycles. The lowest BCUT2D eigenvalue weighted by molar-refractivity contribution is -0.149. The Kier molecular flexibility index (Phi) is 10.3. The number of anilines is 1. The van der Waals surface area contributed by atoms with Crippen LogP contribution in [-0.4, -0.2) is 37.8 Å². The Labute approximate surface area is 247 Å². The molecule has 1 saturated carbocycles. The monoisotopic (exact) mass is 622 g/mol. The SMILES string of the molecule is CCOC(=O)C1CCC(CN(Cc2ccc(Cl)cc2)S(=O)(=O)c2ccc(F)c(C(=O)Nc3ccc(F)c(F)c3)c2)CC1. The maximum atomic E-state index is 14.7. The first kappa shape index (κ1) is 31.5. The number of rotatable bonds is 10. The molecule has 0 aromatic heterocycles. The Bertz CT molecular complexity index is 1540. The van der Waals surface area contributed by atoms with Gasteiger partial charge in [-0.3, -0.25) is 9.59 Å². The average molecular weight is 623 g/mol. The van der Waals surface area contributed by atoms with E-state index >= 15 is 0 Å². The molecule has 1 aliphatic carbocycles. The van der Waals surface area contributed by atoms with Crippen LogP contribution in [-0.2, 0) is 26.1 Å². The highest BCUT2D eigenvalue weighted by Gasteiger charge is 2.33. The highest BCUT2D eigenvalue weighted by molar-refractivity contribution is 7.89. The van der Waals surface area contributed by atoms with Crippen molar-refractivity contribution in [3.05, 3.63) is 94.3 Å². The molecule has 0 radical (unpaired) electrons. The number of ether oxygens (including phenoxy) is 1. The third-order valence-electron chi connectivity index (χ3n) is 7.20. The topological polar surface area (TPSA) is 92.8 Å². The third kappa shape index (κ3) is 7.70. The molecule has 3 aromatic rings. The van der Waals surface area contributed by atoms with Crippen LogP contribution in [0.15, 0.2) is 65.6 Å². The zero-order valence-corrected chi connectivity index (χ0v) is 24.4. The van der Waals surface area contributed by atoms with Gasteiger partial charge in [0.1, 0.15) is 5.82 Å². The van der Waals surface area contributed by atoms with E-state index in [2.05, 4.69) is 5.32 Å². The minimum Gasteiger partial charge on any atom is -0.466 e. The van der Waals surface area contributed by atoms with E-state index in [0.29, 0.717) is 42.9 Å². The largest absolute Gasteiger partial charge is 0.466 e. The Morgan fingerprint density at radius 2 is 1.60 bits per heavy atom. The van der Waals surface area contributed by atoms with Gasteiger partial charge in [0.2, 0.25) is 10.0 Å². The van der Waals surface area contributed by atoms with Gasteiger partial charge in [-0.05, 0) is 86.6 Å². The van der Waals surface area contributed by atoms with E-state index in [0.717, 1.165) is 36.4 Å². The van der Waals surface area contributed by atoms with E-state index in [9.17, 15) is 31.2 Å². The summed E-state index contributed by atoms with van der Waals surface area (Å²) >= 11 is 6.01. The molecule has 0 atom stereocenters. The van der Waals surface area contributed by atoms with Crippen molar-refractivity contribution in [2.75, 3.05) is 18.5 Å². The van der Waals surface area contributed by atoms with Crippen molar-refractivity contribution in [1.29, 1.82) is 0 Å². The molecular formula is C30H30ClF3N2O5S. The zero-order chi connectivity index (χ0) is 30.4. The number of amides is 1. The third-order valence-corrected chi connectivity index (χ3v) is 9.26. The Hall–Kier alpha value is -3.41. The van der Waals surface area contributed by atoms with Crippen molar-refractivity contribution in [2.45, 2.75) is 44.0 Å². The number of carbonyl (C=O) groups excluding carboxylic acids is 2. The number of sulfonamides is 1. The van der Waals surface area contributed by atoms with Gasteiger partial charge >= 0.3 is 5.97 Å². The molecule has 7 nitrogen and oxygen atoms in total. The number of hydrogen-bond donors (Lipinski definition) is 1. The molecule has 0 heterocycles. The highest BCUT2D eigenvalue weighted by Crippen LogP contribution is 2.32. The molecule has 1 aliphatic rings. The van der Waals surface area contributed by atoms with Crippen molar-refractivity contribution in [1.82, 2.24) is 4.31 Å². The summed E-state index contributed by atoms with van der Waals surface area (Å²) in [5.74, 6) is -4.87. The molecule has 1 amide bonds. The number of esters is 1. The molecule has 4 rings (SSSR count). The van der Waals surface area contributed by atoms with Gasteiger partial charge in [-0.25, -0.2) is 21.6 Å². The molecule has 3 aromatic carbocycles. The van der Waals surface area contributed by atoms with Crippen molar-refractivity contribution in [2.24, 2.45) is 11.8 Å². The number of benzene rings is 3. The van der Waals surface area contributed by atoms with Gasteiger partial charge in [0.15, 0.2) is 11.6 Å². The minimum atomic E-state index is -4.25. The second-order valence-corrected chi connectivity index (χ2v) is 12.5. The zero-order valence-electron chi connectivity index (χ0n) is 22.8. The van der Waals surface area contributed by atoms with Crippen molar-refractivity contribution < 1.29 is 35.9 Å². The summed E-state index contributed by atoms with van der Waals surface area (Å²) in [7, 11) is -4.25. The molecule has 0 aliphatic heterocycles. The lowest BCUT2D eigenvalue weighted by Crippen LogP contribution is -2.37. The van der Waals surface area contributed by atoms with E-state index < -0.39 is 38.9 Å². The standard InChI is InChI=1S/C30H30ClF3N2O5S/c1-2-41-30(38)21-7-3-19(4-8-21)17-36(18-20-5-9-22(31)10-6-20)42(39,40)24-12-14-26(32)25(16-24)29(37)35-23-11-13-27(33)28(34)15-23/h5-6,9-16,19,21H,2-4,7-8,17-18H2,1H3,(H,35,37). The van der Waals surface area contributed by atoms with Crippen LogP contribution >= 0.6 is 11.6 Å². The summed E-state index contributed by atoms with van der Waals surface area (Å²) in [5, 5.41) is 2.75. The Morgan fingerprint density at radius 3 is 2.24 bits per heavy atom. The van der Waals surface area contributed by atoms with Gasteiger partial charge < -0.3 is 10.1 Å². The average Bonchev–Trinajstić information content (AvgIpc) is 2.96. The maximum Gasteiger partial charge on any atom is 0.308 e. The first-order valence-electron chi connectivity index (χ1n) is 13.4. The normalized spacial score (nSPS) is 17.2. The maximum absolute atomic E-state index is 14.7. The molecule has 12 heteroatoms. The fourth-order valence-corrected chi connectivity index (χ4v) is 6.59. The van der Waals surface area contributed by atoms with Crippen LogP contribution < -0.4 is 5.32 Å². The highest BCUT2D eigenvalue weighted by atomic mass is 35.5. The fraction of sp³-hybridized carbons (Fsp3) is 0.333. The van der Waals surface area contributed by atoms with Gasteiger partial charge in [-0.15, -0.1) is 0 Å². The molecule has 224 valence electrons. The van der Waals surface area contributed by atoms with Gasteiger partial charge in [0.25, 0.3) is 5.91 Å². The van der Waals surface area contributed by atoms with Gasteiger partial charge in [0.05, 0.1) is 23.0 Å². The van der Waals surface area contributed by atoms with Crippen molar-refractivity contribution in [3.8, 4) is 0 Å². The van der Waals surface area contributed by atoms with Crippen molar-refractivity contribution in [3.63, 3.8) is 0 Å². The first-order valence-corrected chi connectivity index (χ1v) is 15.3. The van der Waals surface area contributed by atoms with E-state index in [1.807, 2.05) is 0 Å². The second kappa shape index (κ2) is 13.7. The predicted octanol–water partition coefficient (Wildman–Crippen LogP) is 6.57. The first-order chi connectivity index (χ1) is 20.0. The molecular weight excluding hydrogens is 593 g/mol. The van der Waals surface area contributed by atoms with Crippen LogP contribution in [0.2, 0.25) is 5.02 Å². The Balaban J connectivity index is 1.59. The summed E-state index contributed by atoms with van der Waals surface area (Å²) in [4.78, 5) is 24.7. The molecule has 0 spiro atoms. The lowest BCUT2D eigenvalue weighted by atomic mass is 9.82. The molecule has 1 fully saturated rings. The van der Waals surface area contributed by atoms with Crippen LogP contribution in [0.25, 0.3) is 0 Å². The molecule has 42 heavy (non-hydrogen) atoms. The van der Waals surface area contributed by atoms with Crippen LogP contribution in [0.5, 0.6) is 0 Å². The second-order valence-electron chi connectivity index (χ2n) is 10.1. The van der Waals surface area contributed by atoms with Gasteiger partial charge in [0, 0.05) is 29.9 Å². The van der Waals surface area contributed by atoms with Crippen LogP contribution in [0.3, 0.4) is 0 Å². The summed E-state index contributed by atoms with van der Waals surface area (Å²) in [5.41, 5.74) is -0.0434. The van der Waals surface area contributed by atoms with E-state index in [4.69, 9.17) is 16.3 Å². The summed E-state index contributed by atoms with van der Waals surface area (Å²) < 4.78 is 75.9. The van der Waals surface area contributed by atoms with Crippen LogP contribution in [0.4, 0.5) is 18.9 Å². The smallest absolute Gasteiger partial charge is 0.308 e. The number of hydrogen-bond acceptors (Lipinski definition) is 5. The number of halogens is 4. The molecule has 0 unspecified atom stereocenters. The Morgan fingerprint density at radius 1 is 0.929 bits per heavy atom. The van der Waals surface area contributed by atoms with Gasteiger partial charge in [-0.2, -0.15) is 4.31 Å². The molecule has 1 N–H and O–H groups in total. The van der Waals surface area contributed by atoms with Gasteiger partial charge in [-0.1, -0.05) is 23.7 Å². The summed E-state index contributed by atoms with van der Waals surface area (Å²) in [6.45, 7) is 2.17. The van der Waals surface area contributed by atoms with E-state index in [1.165, 1.54) is 4.31 Å². The van der Waals surface area contributed by atoms with Crippen LogP contribution in [0.1, 0.15) is 48.5 Å². The minimum absolute atomic E-state index is 0.00886. The quantitative estimate of drug-likeness (QED) is 0.258. The predicted molar refractivity (Wildman–Crippen MR) is 152 cm³/mol. The lowest BCUT2D eigenvalue weighted by Gasteiger charge is -2.31. The van der Waals surface area contributed by atoms with E-state index in [1.54, 1.807) is 31.2 Å². The molecule has 0 bridgehead atoms. The fourth-order valence-electron chi connectivity index (χ4n) is 4.93. The number of nitrogens with one attached hydrogen (secondary N) is 1. The number of carbonyl (C=O) groups is 2. The summed E-state index contributed by atoms with van der Waals surface area (Å²) in [6.07, 6.45) is 2.37.